The van der Waals surface area contributed by atoms with E-state index in [-0.39, 0.29) is 6.04 Å². The molecular formula is C80H56N2. The summed E-state index contributed by atoms with van der Waals surface area (Å²) in [4.78, 5) is 2.50. The zero-order valence-electron chi connectivity index (χ0n) is 45.3. The molecule has 1 aromatic heterocycles. The summed E-state index contributed by atoms with van der Waals surface area (Å²) in [5.74, 6) is 0. The van der Waals surface area contributed by atoms with Crippen molar-refractivity contribution < 1.29 is 0 Å². The van der Waals surface area contributed by atoms with Gasteiger partial charge in [0, 0.05) is 27.8 Å². The summed E-state index contributed by atoms with van der Waals surface area (Å²) < 4.78 is 2.45. The van der Waals surface area contributed by atoms with E-state index in [0.717, 1.165) is 23.5 Å². The number of hydrogen-bond donors (Lipinski definition) is 0. The lowest BCUT2D eigenvalue weighted by Crippen LogP contribution is -2.29. The summed E-state index contributed by atoms with van der Waals surface area (Å²) in [5, 5.41) is 7.45. The first-order chi connectivity index (χ1) is 40.7. The number of hydrogen-bond acceptors (Lipinski definition) is 1. The van der Waals surface area contributed by atoms with E-state index in [1.807, 2.05) is 0 Å². The van der Waals surface area contributed by atoms with Gasteiger partial charge in [0.15, 0.2) is 0 Å². The molecule has 2 nitrogen and oxygen atoms in total. The van der Waals surface area contributed by atoms with E-state index in [2.05, 4.69) is 331 Å². The van der Waals surface area contributed by atoms with E-state index in [0.29, 0.717) is 0 Å². The molecule has 0 saturated heterocycles. The van der Waals surface area contributed by atoms with Gasteiger partial charge in [-0.1, -0.05) is 255 Å². The van der Waals surface area contributed by atoms with Gasteiger partial charge in [0.05, 0.1) is 17.1 Å². The molecule has 0 aliphatic heterocycles. The Morgan fingerprint density at radius 3 is 1.16 bits per heavy atom. The standard InChI is InChI=1S/C80H56N2/c1-6-22-56(23-7-1)67-32-16-18-34-69(67)61-41-50-77-74(53-61)75-54-62(70-35-19-17-33-68(70)57-24-8-2-9-25-57)42-51-78(75)82(77)66-47-45-65(46-48-66)81(63-30-14-5-15-31-63)64-43-38-55(39-44-64)60-40-49-73-76(52-60)80(59-28-12-4-13-29-59)72-37-21-20-36-71(72)79(73)58-26-10-3-11-27-58/h1-30,32-54,63H,31H2. The van der Waals surface area contributed by atoms with Crippen LogP contribution in [0.2, 0.25) is 0 Å². The van der Waals surface area contributed by atoms with Crippen LogP contribution in [0.4, 0.5) is 11.4 Å². The van der Waals surface area contributed by atoms with E-state index >= 15 is 0 Å². The Bertz CT molecular complexity index is 4590. The molecule has 0 amide bonds. The molecule has 386 valence electrons. The van der Waals surface area contributed by atoms with Crippen LogP contribution in [0.25, 0.3) is 127 Å². The first-order valence-electron chi connectivity index (χ1n) is 28.5. The summed E-state index contributed by atoms with van der Waals surface area (Å²) in [6.07, 6.45) is 9.87. The zero-order valence-corrected chi connectivity index (χ0v) is 45.3. The number of rotatable bonds is 11. The van der Waals surface area contributed by atoms with Crippen molar-refractivity contribution in [3.63, 3.8) is 0 Å². The molecule has 14 aromatic rings. The van der Waals surface area contributed by atoms with Crippen LogP contribution in [0.5, 0.6) is 0 Å². The third-order valence-electron chi connectivity index (χ3n) is 16.7. The van der Waals surface area contributed by atoms with Crippen molar-refractivity contribution in [3.05, 3.63) is 322 Å². The van der Waals surface area contributed by atoms with Gasteiger partial charge in [-0.3, -0.25) is 0 Å². The normalized spacial score (nSPS) is 13.1. The lowest BCUT2D eigenvalue weighted by atomic mass is 9.85. The van der Waals surface area contributed by atoms with Crippen LogP contribution in [0.15, 0.2) is 322 Å². The van der Waals surface area contributed by atoms with E-state index in [1.54, 1.807) is 0 Å². The van der Waals surface area contributed by atoms with Crippen molar-refractivity contribution in [1.29, 1.82) is 0 Å². The zero-order chi connectivity index (χ0) is 54.3. The quantitative estimate of drug-likeness (QED) is 0.117. The van der Waals surface area contributed by atoms with Gasteiger partial charge < -0.3 is 9.47 Å². The van der Waals surface area contributed by atoms with Crippen LogP contribution in [-0.2, 0) is 0 Å². The predicted molar refractivity (Wildman–Crippen MR) is 349 cm³/mol. The largest absolute Gasteiger partial charge is 0.334 e. The van der Waals surface area contributed by atoms with Crippen LogP contribution < -0.4 is 4.90 Å². The molecule has 0 spiro atoms. The van der Waals surface area contributed by atoms with Gasteiger partial charge in [0.2, 0.25) is 0 Å². The SMILES string of the molecule is C1=CCC(N(c2ccc(-c3ccc4c(-c5ccccc5)c5ccccc5c(-c5ccccc5)c4c3)cc2)c2ccc(-n3c4ccc(-c5ccccc5-c5ccccc5)cc4c4cc(-c5ccccc5-c5ccccc5)ccc43)cc2)C=C1. The van der Waals surface area contributed by atoms with Crippen molar-refractivity contribution in [2.45, 2.75) is 12.5 Å². The van der Waals surface area contributed by atoms with Crippen LogP contribution in [-0.4, -0.2) is 10.6 Å². The fraction of sp³-hybridized carbons (Fsp3) is 0.0250. The highest BCUT2D eigenvalue weighted by Crippen LogP contribution is 2.46. The molecule has 0 bridgehead atoms. The highest BCUT2D eigenvalue weighted by molar-refractivity contribution is 6.22. The molecule has 2 heteroatoms. The third-order valence-corrected chi connectivity index (χ3v) is 16.7. The topological polar surface area (TPSA) is 8.17 Å². The number of aromatic nitrogens is 1. The Kier molecular flexibility index (Phi) is 12.4. The van der Waals surface area contributed by atoms with Gasteiger partial charge in [0.25, 0.3) is 0 Å². The van der Waals surface area contributed by atoms with Gasteiger partial charge in [-0.2, -0.15) is 0 Å². The van der Waals surface area contributed by atoms with Crippen LogP contribution >= 0.6 is 0 Å². The second kappa shape index (κ2) is 20.9. The second-order valence-electron chi connectivity index (χ2n) is 21.5. The molecule has 0 fully saturated rings. The van der Waals surface area contributed by atoms with Crippen molar-refractivity contribution in [2.75, 3.05) is 4.90 Å². The predicted octanol–water partition coefficient (Wildman–Crippen LogP) is 21.8. The number of allylic oxidation sites excluding steroid dienone is 2. The minimum Gasteiger partial charge on any atom is -0.334 e. The molecule has 82 heavy (non-hydrogen) atoms. The van der Waals surface area contributed by atoms with Gasteiger partial charge in [0.1, 0.15) is 0 Å². The van der Waals surface area contributed by atoms with Crippen molar-refractivity contribution >= 4 is 54.7 Å². The highest BCUT2D eigenvalue weighted by Gasteiger charge is 2.23. The summed E-state index contributed by atoms with van der Waals surface area (Å²) in [6.45, 7) is 0. The molecule has 1 atom stereocenters. The van der Waals surface area contributed by atoms with E-state index < -0.39 is 0 Å². The second-order valence-corrected chi connectivity index (χ2v) is 21.5. The summed E-state index contributed by atoms with van der Waals surface area (Å²) in [5.41, 5.74) is 22.7. The molecule has 0 N–H and O–H groups in total. The summed E-state index contributed by atoms with van der Waals surface area (Å²) >= 11 is 0. The minimum atomic E-state index is 0.142. The fourth-order valence-corrected chi connectivity index (χ4v) is 12.9. The third kappa shape index (κ3) is 8.70. The van der Waals surface area contributed by atoms with Crippen molar-refractivity contribution in [2.24, 2.45) is 0 Å². The number of nitrogens with zero attached hydrogens (tertiary/aromatic N) is 2. The van der Waals surface area contributed by atoms with Gasteiger partial charge in [-0.15, -0.1) is 0 Å². The first-order valence-corrected chi connectivity index (χ1v) is 28.5. The van der Waals surface area contributed by atoms with Crippen LogP contribution in [0.1, 0.15) is 6.42 Å². The maximum atomic E-state index is 2.50. The van der Waals surface area contributed by atoms with Crippen LogP contribution in [0, 0.1) is 0 Å². The molecule has 13 aromatic carbocycles. The lowest BCUT2D eigenvalue weighted by Gasteiger charge is -2.33. The first kappa shape index (κ1) is 48.6. The minimum absolute atomic E-state index is 0.142. The molecule has 1 aliphatic carbocycles. The Morgan fingerprint density at radius 2 is 0.671 bits per heavy atom. The summed E-state index contributed by atoms with van der Waals surface area (Å²) in [6, 6.07) is 109. The number of anilines is 2. The molecule has 0 radical (unpaired) electrons. The number of benzene rings is 13. The van der Waals surface area contributed by atoms with Crippen molar-refractivity contribution in [1.82, 2.24) is 4.57 Å². The van der Waals surface area contributed by atoms with Gasteiger partial charge in [-0.05, 0) is 173 Å². The molecule has 15 rings (SSSR count). The Labute approximate surface area is 479 Å². The molecule has 1 unspecified atom stereocenters. The maximum Gasteiger partial charge on any atom is 0.0559 e. The van der Waals surface area contributed by atoms with Crippen LogP contribution in [0.3, 0.4) is 0 Å². The molecule has 1 heterocycles. The number of fused-ring (bicyclic) bond motifs is 5. The summed E-state index contributed by atoms with van der Waals surface area (Å²) in [7, 11) is 0. The Morgan fingerprint density at radius 1 is 0.280 bits per heavy atom. The maximum absolute atomic E-state index is 2.50. The van der Waals surface area contributed by atoms with E-state index in [9.17, 15) is 0 Å². The average Bonchev–Trinajstić information content (AvgIpc) is 3.93. The lowest BCUT2D eigenvalue weighted by molar-refractivity contribution is 0.785. The van der Waals surface area contributed by atoms with E-state index in [1.165, 1.54) is 121 Å². The van der Waals surface area contributed by atoms with Crippen molar-refractivity contribution in [3.8, 4) is 83.6 Å². The molecular weight excluding hydrogens is 989 g/mol. The average molecular weight is 1050 g/mol. The monoisotopic (exact) mass is 1040 g/mol. The van der Waals surface area contributed by atoms with Gasteiger partial charge >= 0.3 is 0 Å². The Hall–Kier alpha value is -10.5. The highest BCUT2D eigenvalue weighted by atomic mass is 15.2. The van der Waals surface area contributed by atoms with E-state index in [4.69, 9.17) is 0 Å². The Balaban J connectivity index is 0.832. The molecule has 1 aliphatic rings. The molecule has 0 saturated carbocycles. The fourth-order valence-electron chi connectivity index (χ4n) is 12.9. The van der Waals surface area contributed by atoms with Gasteiger partial charge in [-0.25, -0.2) is 0 Å². The smallest absolute Gasteiger partial charge is 0.0559 e.